The van der Waals surface area contributed by atoms with Crippen LogP contribution in [0.15, 0.2) is 48.8 Å². The van der Waals surface area contributed by atoms with E-state index in [0.717, 1.165) is 6.54 Å². The number of hydrogen-bond donors (Lipinski definition) is 1. The van der Waals surface area contributed by atoms with Crippen molar-refractivity contribution in [3.05, 3.63) is 59.9 Å². The molecule has 0 aliphatic heterocycles. The van der Waals surface area contributed by atoms with Gasteiger partial charge in [0, 0.05) is 18.4 Å². The predicted molar refractivity (Wildman–Crippen MR) is 86.9 cm³/mol. The zero-order valence-corrected chi connectivity index (χ0v) is 13.3. The van der Waals surface area contributed by atoms with E-state index in [1.165, 1.54) is 11.1 Å². The molecular weight excluding hydrogens is 260 g/mol. The highest BCUT2D eigenvalue weighted by Crippen LogP contribution is 2.21. The molecule has 2 aromatic rings. The minimum atomic E-state index is 0.408. The van der Waals surface area contributed by atoms with E-state index >= 15 is 0 Å². The molecular formula is C18H26N2O. The molecule has 3 nitrogen and oxygen atoms in total. The van der Waals surface area contributed by atoms with Crippen molar-refractivity contribution in [2.24, 2.45) is 5.92 Å². The van der Waals surface area contributed by atoms with Crippen molar-refractivity contribution in [2.45, 2.75) is 40.2 Å². The molecule has 0 saturated heterocycles. The quantitative estimate of drug-likeness (QED) is 0.794. The topological polar surface area (TPSA) is 26.2 Å². The second-order valence-corrected chi connectivity index (χ2v) is 5.70. The molecule has 0 fully saturated rings. The zero-order valence-electron chi connectivity index (χ0n) is 13.3. The molecule has 0 aliphatic rings. The average Bonchev–Trinajstić information content (AvgIpc) is 2.94. The molecule has 114 valence electrons. The normalized spacial score (nSPS) is 12.8. The van der Waals surface area contributed by atoms with Crippen LogP contribution in [0, 0.1) is 5.92 Å². The Morgan fingerprint density at radius 3 is 2.57 bits per heavy atom. The Labute approximate surface area is 127 Å². The van der Waals surface area contributed by atoms with Gasteiger partial charge in [0.1, 0.15) is 6.73 Å². The maximum absolute atomic E-state index is 5.76. The van der Waals surface area contributed by atoms with Crippen LogP contribution in [0.2, 0.25) is 0 Å². The van der Waals surface area contributed by atoms with E-state index in [0.29, 0.717) is 25.3 Å². The van der Waals surface area contributed by atoms with Gasteiger partial charge in [-0.25, -0.2) is 0 Å². The molecule has 1 aromatic carbocycles. The molecule has 0 aliphatic carbocycles. The summed E-state index contributed by atoms with van der Waals surface area (Å²) < 4.78 is 7.86. The Morgan fingerprint density at radius 1 is 1.14 bits per heavy atom. The van der Waals surface area contributed by atoms with Crippen molar-refractivity contribution >= 4 is 0 Å². The van der Waals surface area contributed by atoms with E-state index in [9.17, 15) is 0 Å². The fourth-order valence-electron chi connectivity index (χ4n) is 2.53. The molecule has 3 heteroatoms. The Kier molecular flexibility index (Phi) is 6.03. The minimum absolute atomic E-state index is 0.408. The number of ether oxygens (including phenoxy) is 1. The summed E-state index contributed by atoms with van der Waals surface area (Å²) in [5.41, 5.74) is 2.53. The van der Waals surface area contributed by atoms with Crippen molar-refractivity contribution in [1.29, 1.82) is 0 Å². The van der Waals surface area contributed by atoms with Crippen molar-refractivity contribution < 1.29 is 4.74 Å². The maximum Gasteiger partial charge on any atom is 0.122 e. The number of benzene rings is 1. The first kappa shape index (κ1) is 15.8. The lowest BCUT2D eigenvalue weighted by atomic mass is 9.98. The van der Waals surface area contributed by atoms with Gasteiger partial charge in [0.15, 0.2) is 0 Å². The minimum Gasteiger partial charge on any atom is -0.356 e. The molecule has 0 spiro atoms. The first-order chi connectivity index (χ1) is 10.2. The van der Waals surface area contributed by atoms with Crippen molar-refractivity contribution in [3.63, 3.8) is 0 Å². The van der Waals surface area contributed by atoms with Gasteiger partial charge in [-0.15, -0.1) is 0 Å². The third kappa shape index (κ3) is 4.73. The standard InChI is InChI=1S/C18H26N2O/c1-4-19-18(15(2)3)17-10-11-20(12-17)14-21-13-16-8-6-5-7-9-16/h5-12,15,18-19H,4,13-14H2,1-3H3. The van der Waals surface area contributed by atoms with Gasteiger partial charge < -0.3 is 14.6 Å². The number of nitrogens with one attached hydrogen (secondary N) is 1. The monoisotopic (exact) mass is 286 g/mol. The summed E-state index contributed by atoms with van der Waals surface area (Å²) >= 11 is 0. The average molecular weight is 286 g/mol. The van der Waals surface area contributed by atoms with Crippen molar-refractivity contribution in [3.8, 4) is 0 Å². The molecule has 0 amide bonds. The van der Waals surface area contributed by atoms with E-state index < -0.39 is 0 Å². The van der Waals surface area contributed by atoms with Crippen LogP contribution < -0.4 is 5.32 Å². The van der Waals surface area contributed by atoms with Gasteiger partial charge in [-0.1, -0.05) is 51.1 Å². The van der Waals surface area contributed by atoms with E-state index in [1.54, 1.807) is 0 Å². The predicted octanol–water partition coefficient (Wildman–Crippen LogP) is 3.97. The van der Waals surface area contributed by atoms with Crippen LogP contribution in [0.3, 0.4) is 0 Å². The van der Waals surface area contributed by atoms with Crippen molar-refractivity contribution in [1.82, 2.24) is 9.88 Å². The number of rotatable bonds is 8. The van der Waals surface area contributed by atoms with Crippen LogP contribution in [0.1, 0.15) is 37.9 Å². The van der Waals surface area contributed by atoms with E-state index in [2.05, 4.69) is 61.2 Å². The van der Waals surface area contributed by atoms with Crippen LogP contribution in [-0.2, 0) is 18.1 Å². The molecule has 1 N–H and O–H groups in total. The van der Waals surface area contributed by atoms with Crippen molar-refractivity contribution in [2.75, 3.05) is 6.54 Å². The summed E-state index contributed by atoms with van der Waals surface area (Å²) in [6.45, 7) is 8.86. The number of aromatic nitrogens is 1. The van der Waals surface area contributed by atoms with Crippen LogP contribution >= 0.6 is 0 Å². The summed E-state index contributed by atoms with van der Waals surface area (Å²) in [7, 11) is 0. The van der Waals surface area contributed by atoms with E-state index in [-0.39, 0.29) is 0 Å². The number of hydrogen-bond acceptors (Lipinski definition) is 2. The lowest BCUT2D eigenvalue weighted by Gasteiger charge is -2.20. The Hall–Kier alpha value is -1.58. The third-order valence-electron chi connectivity index (χ3n) is 3.58. The molecule has 2 rings (SSSR count). The van der Waals surface area contributed by atoms with Gasteiger partial charge in [-0.05, 0) is 29.7 Å². The zero-order chi connectivity index (χ0) is 15.1. The highest BCUT2D eigenvalue weighted by Gasteiger charge is 2.15. The molecule has 21 heavy (non-hydrogen) atoms. The summed E-state index contributed by atoms with van der Waals surface area (Å²) in [6.07, 6.45) is 4.27. The van der Waals surface area contributed by atoms with Gasteiger partial charge >= 0.3 is 0 Å². The largest absolute Gasteiger partial charge is 0.356 e. The molecule has 1 atom stereocenters. The smallest absolute Gasteiger partial charge is 0.122 e. The van der Waals surface area contributed by atoms with E-state index in [1.807, 2.05) is 18.2 Å². The molecule has 0 saturated carbocycles. The Balaban J connectivity index is 1.87. The lowest BCUT2D eigenvalue weighted by molar-refractivity contribution is 0.0641. The van der Waals surface area contributed by atoms with Gasteiger partial charge in [0.2, 0.25) is 0 Å². The van der Waals surface area contributed by atoms with Gasteiger partial charge in [0.05, 0.1) is 6.61 Å². The van der Waals surface area contributed by atoms with E-state index in [4.69, 9.17) is 4.74 Å². The Morgan fingerprint density at radius 2 is 1.90 bits per heavy atom. The highest BCUT2D eigenvalue weighted by molar-refractivity contribution is 5.16. The fourth-order valence-corrected chi connectivity index (χ4v) is 2.53. The summed E-state index contributed by atoms with van der Waals surface area (Å²) in [6, 6.07) is 12.9. The van der Waals surface area contributed by atoms with Gasteiger partial charge in [0.25, 0.3) is 0 Å². The fraction of sp³-hybridized carbons (Fsp3) is 0.444. The SMILES string of the molecule is CCNC(c1ccn(COCc2ccccc2)c1)C(C)C. The van der Waals surface area contributed by atoms with Crippen LogP contribution in [0.25, 0.3) is 0 Å². The van der Waals surface area contributed by atoms with Crippen LogP contribution in [0.4, 0.5) is 0 Å². The van der Waals surface area contributed by atoms with Gasteiger partial charge in [-0.2, -0.15) is 0 Å². The molecule has 1 heterocycles. The first-order valence-corrected chi connectivity index (χ1v) is 7.71. The first-order valence-electron chi connectivity index (χ1n) is 7.71. The second kappa shape index (κ2) is 8.01. The van der Waals surface area contributed by atoms with Crippen LogP contribution in [0.5, 0.6) is 0 Å². The summed E-state index contributed by atoms with van der Waals surface area (Å²) in [5.74, 6) is 0.575. The van der Waals surface area contributed by atoms with Crippen LogP contribution in [-0.4, -0.2) is 11.1 Å². The third-order valence-corrected chi connectivity index (χ3v) is 3.58. The second-order valence-electron chi connectivity index (χ2n) is 5.70. The van der Waals surface area contributed by atoms with Gasteiger partial charge in [-0.3, -0.25) is 0 Å². The summed E-state index contributed by atoms with van der Waals surface area (Å²) in [5, 5.41) is 3.54. The number of nitrogens with zero attached hydrogens (tertiary/aromatic N) is 1. The molecule has 0 bridgehead atoms. The maximum atomic E-state index is 5.76. The lowest BCUT2D eigenvalue weighted by Crippen LogP contribution is -2.25. The molecule has 1 aromatic heterocycles. The molecule has 1 unspecified atom stereocenters. The summed E-state index contributed by atoms with van der Waals surface area (Å²) in [4.78, 5) is 0. The molecule has 0 radical (unpaired) electrons. The highest BCUT2D eigenvalue weighted by atomic mass is 16.5. The Bertz CT molecular complexity index is 519.